The van der Waals surface area contributed by atoms with Crippen molar-refractivity contribution in [3.05, 3.63) is 6.20 Å². The van der Waals surface area contributed by atoms with Crippen LogP contribution < -0.4 is 5.32 Å². The maximum Gasteiger partial charge on any atom is 0.324 e. The number of carboxylic acid groups (broad SMARTS) is 1. The highest BCUT2D eigenvalue weighted by Crippen LogP contribution is 2.38. The minimum Gasteiger partial charge on any atom is -0.480 e. The second-order valence-corrected chi connectivity index (χ2v) is 11.3. The second-order valence-electron chi connectivity index (χ2n) is 8.32. The zero-order chi connectivity index (χ0) is 20.1. The molecule has 0 aromatic carbocycles. The van der Waals surface area contributed by atoms with Gasteiger partial charge in [-0.05, 0) is 39.5 Å². The van der Waals surface area contributed by atoms with E-state index < -0.39 is 10.7 Å². The molecular formula is C20H31N3O3S2. The molecule has 6 nitrogen and oxygen atoms in total. The van der Waals surface area contributed by atoms with Crippen molar-refractivity contribution in [2.75, 3.05) is 5.32 Å². The van der Waals surface area contributed by atoms with Crippen molar-refractivity contribution in [3.63, 3.8) is 0 Å². The van der Waals surface area contributed by atoms with E-state index in [0.29, 0.717) is 17.2 Å². The number of aromatic nitrogens is 1. The Morgan fingerprint density at radius 1 is 1.11 bits per heavy atom. The maximum atomic E-state index is 13.2. The molecule has 1 aromatic heterocycles. The highest BCUT2D eigenvalue weighted by molar-refractivity contribution is 8.03. The van der Waals surface area contributed by atoms with Gasteiger partial charge in [0.05, 0.1) is 10.4 Å². The molecule has 0 spiro atoms. The first kappa shape index (κ1) is 21.4. The Balaban J connectivity index is 1.68. The summed E-state index contributed by atoms with van der Waals surface area (Å²) in [7, 11) is 0. The molecule has 0 unspecified atom stereocenters. The van der Waals surface area contributed by atoms with Crippen molar-refractivity contribution >= 4 is 40.2 Å². The topological polar surface area (TPSA) is 82.5 Å². The molecule has 0 saturated heterocycles. The van der Waals surface area contributed by atoms with Crippen LogP contribution in [0.1, 0.15) is 78.1 Å². The first-order valence-corrected chi connectivity index (χ1v) is 12.0. The summed E-state index contributed by atoms with van der Waals surface area (Å²) in [6.45, 7) is 3.34. The molecule has 156 valence electrons. The van der Waals surface area contributed by atoms with Gasteiger partial charge < -0.3 is 10.0 Å². The first-order valence-electron chi connectivity index (χ1n) is 10.3. The van der Waals surface area contributed by atoms with Gasteiger partial charge in [-0.1, -0.05) is 61.6 Å². The smallest absolute Gasteiger partial charge is 0.324 e. The van der Waals surface area contributed by atoms with Gasteiger partial charge in [-0.2, -0.15) is 0 Å². The molecule has 0 bridgehead atoms. The average Bonchev–Trinajstić information content (AvgIpc) is 3.09. The fourth-order valence-corrected chi connectivity index (χ4v) is 6.43. The lowest BCUT2D eigenvalue weighted by Crippen LogP contribution is -2.50. The monoisotopic (exact) mass is 425 g/mol. The van der Waals surface area contributed by atoms with Crippen LogP contribution in [0.2, 0.25) is 0 Å². The van der Waals surface area contributed by atoms with Gasteiger partial charge in [0.1, 0.15) is 4.75 Å². The molecule has 2 amide bonds. The van der Waals surface area contributed by atoms with Gasteiger partial charge in [0.2, 0.25) is 0 Å². The van der Waals surface area contributed by atoms with E-state index in [1.807, 2.05) is 0 Å². The lowest BCUT2D eigenvalue weighted by Gasteiger charge is -2.41. The fourth-order valence-electron chi connectivity index (χ4n) is 4.16. The molecule has 2 saturated carbocycles. The van der Waals surface area contributed by atoms with Crippen LogP contribution in [0.3, 0.4) is 0 Å². The van der Waals surface area contributed by atoms with E-state index in [1.54, 1.807) is 20.0 Å². The number of carbonyl (C=O) groups is 2. The van der Waals surface area contributed by atoms with Gasteiger partial charge in [0.15, 0.2) is 5.13 Å². The number of hydrogen-bond acceptors (Lipinski definition) is 5. The number of rotatable bonds is 6. The summed E-state index contributed by atoms with van der Waals surface area (Å²) in [5.74, 6) is -0.864. The number of carbonyl (C=O) groups excluding carboxylic acids is 1. The van der Waals surface area contributed by atoms with E-state index in [1.165, 1.54) is 61.6 Å². The third kappa shape index (κ3) is 5.41. The predicted molar refractivity (Wildman–Crippen MR) is 114 cm³/mol. The molecule has 0 radical (unpaired) electrons. The molecule has 2 aliphatic carbocycles. The summed E-state index contributed by atoms with van der Waals surface area (Å²) in [5.41, 5.74) is 0. The number of anilines is 1. The van der Waals surface area contributed by atoms with Gasteiger partial charge in [-0.25, -0.2) is 9.78 Å². The summed E-state index contributed by atoms with van der Waals surface area (Å²) in [4.78, 5) is 31.0. The molecule has 0 aliphatic heterocycles. The number of aliphatic carboxylic acids is 1. The molecular weight excluding hydrogens is 394 g/mol. The molecule has 0 atom stereocenters. The van der Waals surface area contributed by atoms with Gasteiger partial charge in [-0.3, -0.25) is 10.1 Å². The maximum absolute atomic E-state index is 13.2. The Bertz CT molecular complexity index is 662. The van der Waals surface area contributed by atoms with Crippen molar-refractivity contribution in [1.29, 1.82) is 0 Å². The predicted octanol–water partition coefficient (Wildman–Crippen LogP) is 5.60. The Labute approximate surface area is 175 Å². The van der Waals surface area contributed by atoms with E-state index in [4.69, 9.17) is 0 Å². The molecule has 2 N–H and O–H groups in total. The van der Waals surface area contributed by atoms with Crippen LogP contribution in [0.5, 0.6) is 0 Å². The van der Waals surface area contributed by atoms with Crippen LogP contribution in [0.4, 0.5) is 9.93 Å². The van der Waals surface area contributed by atoms with Crippen LogP contribution in [-0.4, -0.2) is 43.8 Å². The van der Waals surface area contributed by atoms with Crippen molar-refractivity contribution < 1.29 is 14.7 Å². The molecule has 1 aromatic rings. The van der Waals surface area contributed by atoms with Crippen LogP contribution in [0.15, 0.2) is 10.4 Å². The first-order chi connectivity index (χ1) is 13.4. The lowest BCUT2D eigenvalue weighted by molar-refractivity contribution is -0.138. The third-order valence-electron chi connectivity index (χ3n) is 5.74. The van der Waals surface area contributed by atoms with Gasteiger partial charge in [0.25, 0.3) is 0 Å². The van der Waals surface area contributed by atoms with Crippen molar-refractivity contribution in [2.24, 2.45) is 0 Å². The van der Waals surface area contributed by atoms with Crippen LogP contribution in [-0.2, 0) is 4.79 Å². The number of thiazole rings is 1. The van der Waals surface area contributed by atoms with E-state index in [-0.39, 0.29) is 6.03 Å². The summed E-state index contributed by atoms with van der Waals surface area (Å²) in [5, 5.41) is 12.9. The highest BCUT2D eigenvalue weighted by Gasteiger charge is 2.33. The third-order valence-corrected chi connectivity index (χ3v) is 7.94. The number of hydrogen-bond donors (Lipinski definition) is 2. The second kappa shape index (κ2) is 9.48. The molecule has 8 heteroatoms. The largest absolute Gasteiger partial charge is 0.480 e. The minimum absolute atomic E-state index is 0.0396. The van der Waals surface area contributed by atoms with Gasteiger partial charge in [0, 0.05) is 12.1 Å². The molecule has 2 fully saturated rings. The Morgan fingerprint density at radius 2 is 1.64 bits per heavy atom. The molecule has 28 heavy (non-hydrogen) atoms. The average molecular weight is 426 g/mol. The summed E-state index contributed by atoms with van der Waals surface area (Å²) in [6, 6.07) is 0.621. The Morgan fingerprint density at radius 3 is 2.14 bits per heavy atom. The van der Waals surface area contributed by atoms with Crippen molar-refractivity contribution in [3.8, 4) is 0 Å². The zero-order valence-corrected chi connectivity index (χ0v) is 18.4. The van der Waals surface area contributed by atoms with Crippen molar-refractivity contribution in [1.82, 2.24) is 9.88 Å². The van der Waals surface area contributed by atoms with Crippen LogP contribution in [0.25, 0.3) is 0 Å². The normalized spacial score (nSPS) is 19.4. The molecule has 1 heterocycles. The van der Waals surface area contributed by atoms with Crippen molar-refractivity contribution in [2.45, 2.75) is 99.1 Å². The standard InChI is InChI=1S/C20H31N3O3S2/c1-20(2,17(24)25)28-16-13-21-18(27-16)22-19(26)23(14-9-5-3-6-10-14)15-11-7-4-8-12-15/h13-15H,3-12H2,1-2H3,(H,24,25)(H,21,22,26). The Kier molecular flexibility index (Phi) is 7.25. The van der Waals surface area contributed by atoms with E-state index in [0.717, 1.165) is 29.9 Å². The van der Waals surface area contributed by atoms with E-state index >= 15 is 0 Å². The van der Waals surface area contributed by atoms with Crippen LogP contribution >= 0.6 is 23.1 Å². The zero-order valence-electron chi connectivity index (χ0n) is 16.8. The minimum atomic E-state index is -0.927. The Hall–Kier alpha value is -1.28. The number of nitrogens with one attached hydrogen (secondary N) is 1. The van der Waals surface area contributed by atoms with Crippen LogP contribution in [0, 0.1) is 0 Å². The van der Waals surface area contributed by atoms with E-state index in [2.05, 4.69) is 15.2 Å². The highest BCUT2D eigenvalue weighted by atomic mass is 32.2. The number of thioether (sulfide) groups is 1. The quantitative estimate of drug-likeness (QED) is 0.580. The number of urea groups is 1. The summed E-state index contributed by atoms with van der Waals surface area (Å²) in [6.07, 6.45) is 13.4. The summed E-state index contributed by atoms with van der Waals surface area (Å²) >= 11 is 2.60. The SMILES string of the molecule is CC(C)(Sc1cnc(NC(=O)N(C2CCCCC2)C2CCCCC2)s1)C(=O)O. The fraction of sp³-hybridized carbons (Fsp3) is 0.750. The molecule has 3 rings (SSSR count). The number of nitrogens with zero attached hydrogens (tertiary/aromatic N) is 2. The van der Waals surface area contributed by atoms with E-state index in [9.17, 15) is 14.7 Å². The lowest BCUT2D eigenvalue weighted by atomic mass is 9.89. The van der Waals surface area contributed by atoms with Gasteiger partial charge >= 0.3 is 12.0 Å². The number of carboxylic acids is 1. The summed E-state index contributed by atoms with van der Waals surface area (Å²) < 4.78 is -0.131. The van der Waals surface area contributed by atoms with Gasteiger partial charge in [-0.15, -0.1) is 0 Å². The number of amides is 2. The molecule has 2 aliphatic rings.